The van der Waals surface area contributed by atoms with Crippen LogP contribution in [0, 0.1) is 0 Å². The number of anilines is 1. The van der Waals surface area contributed by atoms with Crippen LogP contribution in [0.1, 0.15) is 19.3 Å². The molecule has 0 saturated carbocycles. The van der Waals surface area contributed by atoms with E-state index in [-0.39, 0.29) is 11.5 Å². The van der Waals surface area contributed by atoms with Gasteiger partial charge in [-0.3, -0.25) is 0 Å². The van der Waals surface area contributed by atoms with E-state index < -0.39 is 0 Å². The summed E-state index contributed by atoms with van der Waals surface area (Å²) in [5.74, 6) is 0.346. The molecule has 1 aliphatic rings. The largest absolute Gasteiger partial charge is 0.506 e. The second-order valence-electron chi connectivity index (χ2n) is 3.69. The van der Waals surface area contributed by atoms with Gasteiger partial charge in [-0.15, -0.1) is 0 Å². The predicted molar refractivity (Wildman–Crippen MR) is 55.8 cm³/mol. The first kappa shape index (κ1) is 9.19. The zero-order valence-electron chi connectivity index (χ0n) is 8.11. The van der Waals surface area contributed by atoms with Gasteiger partial charge in [0.25, 0.3) is 0 Å². The van der Waals surface area contributed by atoms with E-state index in [1.165, 1.54) is 6.42 Å². The molecule has 0 aliphatic carbocycles. The third kappa shape index (κ3) is 1.62. The van der Waals surface area contributed by atoms with E-state index in [1.54, 1.807) is 18.2 Å². The SMILES string of the molecule is Oc1cccc(O)c1N1CCCCC1. The Morgan fingerprint density at radius 1 is 0.929 bits per heavy atom. The normalized spacial score (nSPS) is 17.0. The molecule has 0 unspecified atom stereocenters. The van der Waals surface area contributed by atoms with E-state index in [4.69, 9.17) is 0 Å². The Morgan fingerprint density at radius 3 is 2.07 bits per heavy atom. The van der Waals surface area contributed by atoms with Gasteiger partial charge in [0.2, 0.25) is 0 Å². The van der Waals surface area contributed by atoms with Crippen molar-refractivity contribution in [2.45, 2.75) is 19.3 Å². The lowest BCUT2D eigenvalue weighted by Gasteiger charge is -2.29. The van der Waals surface area contributed by atoms with Gasteiger partial charge in [-0.2, -0.15) is 0 Å². The molecule has 0 bridgehead atoms. The molecule has 3 nitrogen and oxygen atoms in total. The Labute approximate surface area is 83.6 Å². The van der Waals surface area contributed by atoms with Crippen molar-refractivity contribution in [3.8, 4) is 11.5 Å². The van der Waals surface area contributed by atoms with E-state index in [9.17, 15) is 10.2 Å². The maximum Gasteiger partial charge on any atom is 0.142 e. The molecule has 1 aromatic rings. The molecule has 2 rings (SSSR count). The van der Waals surface area contributed by atoms with Crippen LogP contribution in [0.5, 0.6) is 11.5 Å². The fourth-order valence-corrected chi connectivity index (χ4v) is 1.96. The monoisotopic (exact) mass is 193 g/mol. The molecule has 2 N–H and O–H groups in total. The molecule has 0 aromatic heterocycles. The minimum atomic E-state index is 0.173. The summed E-state index contributed by atoms with van der Waals surface area (Å²) in [5.41, 5.74) is 0.590. The molecule has 0 spiro atoms. The number of piperidine rings is 1. The molecule has 0 amide bonds. The highest BCUT2D eigenvalue weighted by molar-refractivity contribution is 5.66. The highest BCUT2D eigenvalue weighted by Gasteiger charge is 2.17. The first-order valence-electron chi connectivity index (χ1n) is 5.05. The molecule has 1 saturated heterocycles. The minimum absolute atomic E-state index is 0.173. The van der Waals surface area contributed by atoms with Gasteiger partial charge in [-0.05, 0) is 31.4 Å². The van der Waals surface area contributed by atoms with Crippen LogP contribution in [0.15, 0.2) is 18.2 Å². The maximum absolute atomic E-state index is 9.64. The zero-order chi connectivity index (χ0) is 9.97. The standard InChI is InChI=1S/C11H15NO2/c13-9-5-4-6-10(14)11(9)12-7-2-1-3-8-12/h4-6,13-14H,1-3,7-8H2. The van der Waals surface area contributed by atoms with E-state index in [0.717, 1.165) is 25.9 Å². The summed E-state index contributed by atoms with van der Waals surface area (Å²) in [4.78, 5) is 2.05. The smallest absolute Gasteiger partial charge is 0.142 e. The van der Waals surface area contributed by atoms with Gasteiger partial charge < -0.3 is 15.1 Å². The van der Waals surface area contributed by atoms with E-state index in [0.29, 0.717) is 5.69 Å². The van der Waals surface area contributed by atoms with Gasteiger partial charge >= 0.3 is 0 Å². The van der Waals surface area contributed by atoms with Crippen LogP contribution in [0.3, 0.4) is 0 Å². The van der Waals surface area contributed by atoms with E-state index in [1.807, 2.05) is 4.90 Å². The number of aromatic hydroxyl groups is 2. The van der Waals surface area contributed by atoms with Gasteiger partial charge in [0, 0.05) is 13.1 Å². The maximum atomic E-state index is 9.64. The van der Waals surface area contributed by atoms with Crippen molar-refractivity contribution >= 4 is 5.69 Å². The number of rotatable bonds is 1. The summed E-state index contributed by atoms with van der Waals surface area (Å²) < 4.78 is 0. The molecule has 1 aromatic carbocycles. The zero-order valence-corrected chi connectivity index (χ0v) is 8.11. The van der Waals surface area contributed by atoms with Crippen LogP contribution in [0.4, 0.5) is 5.69 Å². The third-order valence-electron chi connectivity index (χ3n) is 2.67. The average molecular weight is 193 g/mol. The topological polar surface area (TPSA) is 43.7 Å². The number of para-hydroxylation sites is 1. The Kier molecular flexibility index (Phi) is 2.48. The van der Waals surface area contributed by atoms with Crippen LogP contribution >= 0.6 is 0 Å². The fraction of sp³-hybridized carbons (Fsp3) is 0.455. The Morgan fingerprint density at radius 2 is 1.50 bits per heavy atom. The summed E-state index contributed by atoms with van der Waals surface area (Å²) in [7, 11) is 0. The fourth-order valence-electron chi connectivity index (χ4n) is 1.96. The number of phenolic OH excluding ortho intramolecular Hbond substituents is 2. The van der Waals surface area contributed by atoms with E-state index in [2.05, 4.69) is 0 Å². The molecule has 1 heterocycles. The van der Waals surface area contributed by atoms with Crippen molar-refractivity contribution in [3.05, 3.63) is 18.2 Å². The second kappa shape index (κ2) is 3.78. The molecule has 14 heavy (non-hydrogen) atoms. The highest BCUT2D eigenvalue weighted by Crippen LogP contribution is 2.37. The summed E-state index contributed by atoms with van der Waals surface area (Å²) >= 11 is 0. The summed E-state index contributed by atoms with van der Waals surface area (Å²) in [5, 5.41) is 19.3. The van der Waals surface area contributed by atoms with Crippen LogP contribution in [0.25, 0.3) is 0 Å². The number of nitrogens with zero attached hydrogens (tertiary/aromatic N) is 1. The third-order valence-corrected chi connectivity index (χ3v) is 2.67. The molecule has 1 aliphatic heterocycles. The van der Waals surface area contributed by atoms with Crippen LogP contribution in [-0.2, 0) is 0 Å². The lowest BCUT2D eigenvalue weighted by atomic mass is 10.1. The minimum Gasteiger partial charge on any atom is -0.506 e. The number of phenols is 2. The van der Waals surface area contributed by atoms with Crippen molar-refractivity contribution in [3.63, 3.8) is 0 Å². The van der Waals surface area contributed by atoms with Gasteiger partial charge in [0.15, 0.2) is 0 Å². The molecule has 3 heteroatoms. The number of hydrogen-bond donors (Lipinski definition) is 2. The van der Waals surface area contributed by atoms with E-state index >= 15 is 0 Å². The lowest BCUT2D eigenvalue weighted by Crippen LogP contribution is -2.29. The summed E-state index contributed by atoms with van der Waals surface area (Å²) in [6.07, 6.45) is 3.51. The quantitative estimate of drug-likeness (QED) is 0.717. The Bertz CT molecular complexity index is 299. The van der Waals surface area contributed by atoms with Crippen molar-refractivity contribution in [1.82, 2.24) is 0 Å². The Balaban J connectivity index is 2.29. The average Bonchev–Trinajstić information content (AvgIpc) is 2.19. The van der Waals surface area contributed by atoms with Crippen molar-refractivity contribution in [2.24, 2.45) is 0 Å². The van der Waals surface area contributed by atoms with Gasteiger partial charge in [0.05, 0.1) is 0 Å². The molecular weight excluding hydrogens is 178 g/mol. The van der Waals surface area contributed by atoms with Crippen LogP contribution in [-0.4, -0.2) is 23.3 Å². The Hall–Kier alpha value is -1.38. The second-order valence-corrected chi connectivity index (χ2v) is 3.69. The van der Waals surface area contributed by atoms with Gasteiger partial charge in [0.1, 0.15) is 17.2 Å². The van der Waals surface area contributed by atoms with Gasteiger partial charge in [-0.25, -0.2) is 0 Å². The first-order chi connectivity index (χ1) is 6.79. The van der Waals surface area contributed by atoms with Gasteiger partial charge in [-0.1, -0.05) is 6.07 Å². The van der Waals surface area contributed by atoms with Crippen molar-refractivity contribution < 1.29 is 10.2 Å². The molecule has 76 valence electrons. The van der Waals surface area contributed by atoms with Crippen molar-refractivity contribution in [2.75, 3.05) is 18.0 Å². The molecule has 1 fully saturated rings. The lowest BCUT2D eigenvalue weighted by molar-refractivity contribution is 0.443. The predicted octanol–water partition coefficient (Wildman–Crippen LogP) is 2.09. The first-order valence-corrected chi connectivity index (χ1v) is 5.05. The van der Waals surface area contributed by atoms with Crippen molar-refractivity contribution in [1.29, 1.82) is 0 Å². The number of benzene rings is 1. The molecule has 0 radical (unpaired) electrons. The molecular formula is C11H15NO2. The highest BCUT2D eigenvalue weighted by atomic mass is 16.3. The van der Waals surface area contributed by atoms with Crippen LogP contribution in [0.2, 0.25) is 0 Å². The molecule has 0 atom stereocenters. The summed E-state index contributed by atoms with van der Waals surface area (Å²) in [6.45, 7) is 1.84. The summed E-state index contributed by atoms with van der Waals surface area (Å²) in [6, 6.07) is 4.88. The number of hydrogen-bond acceptors (Lipinski definition) is 3. The van der Waals surface area contributed by atoms with Crippen LogP contribution < -0.4 is 4.90 Å².